The van der Waals surface area contributed by atoms with Crippen LogP contribution in [0.3, 0.4) is 0 Å². The van der Waals surface area contributed by atoms with Gasteiger partial charge < -0.3 is 9.84 Å². The molecule has 0 amide bonds. The summed E-state index contributed by atoms with van der Waals surface area (Å²) in [4.78, 5) is 14.9. The van der Waals surface area contributed by atoms with Gasteiger partial charge in [0.25, 0.3) is 10.0 Å². The molecule has 0 saturated heterocycles. The van der Waals surface area contributed by atoms with Gasteiger partial charge in [-0.15, -0.1) is 11.3 Å². The number of aromatic carboxylic acids is 1. The molecule has 2 N–H and O–H groups in total. The number of nitrogens with zero attached hydrogens (tertiary/aromatic N) is 1. The number of carboxylic acids is 1. The lowest BCUT2D eigenvalue weighted by Gasteiger charge is -2.30. The van der Waals surface area contributed by atoms with E-state index in [0.717, 1.165) is 24.6 Å². The van der Waals surface area contributed by atoms with Crippen LogP contribution in [0.4, 0.5) is 54.0 Å². The van der Waals surface area contributed by atoms with E-state index in [-0.39, 0.29) is 23.3 Å². The summed E-state index contributed by atoms with van der Waals surface area (Å²) in [6, 6.07) is 4.88. The maximum absolute atomic E-state index is 14.3. The molecule has 3 aromatic carbocycles. The van der Waals surface area contributed by atoms with Crippen LogP contribution in [0, 0.1) is 5.82 Å². The summed E-state index contributed by atoms with van der Waals surface area (Å²) in [5, 5.41) is 8.54. The number of ether oxygens (including phenoxy) is 1. The number of hydrogen-bond acceptors (Lipinski definition) is 6. The average molecular weight is 721 g/mol. The van der Waals surface area contributed by atoms with E-state index in [2.05, 4.69) is 4.98 Å². The van der Waals surface area contributed by atoms with Crippen LogP contribution in [0.25, 0.3) is 21.7 Å². The fraction of sp³-hybridized carbons (Fsp3) is 0.185. The van der Waals surface area contributed by atoms with Crippen molar-refractivity contribution in [2.75, 3.05) is 11.8 Å². The van der Waals surface area contributed by atoms with Gasteiger partial charge in [-0.1, -0.05) is 36.4 Å². The van der Waals surface area contributed by atoms with Crippen molar-refractivity contribution in [1.29, 1.82) is 0 Å². The van der Waals surface area contributed by atoms with Gasteiger partial charge in [0.05, 0.1) is 23.9 Å². The predicted octanol–water partition coefficient (Wildman–Crippen LogP) is 8.43. The summed E-state index contributed by atoms with van der Waals surface area (Å²) >= 11 is 0.433. The first-order valence-electron chi connectivity index (χ1n) is 12.3. The third-order valence-electron chi connectivity index (χ3n) is 6.47. The number of anilines is 1. The number of sulfonamides is 1. The van der Waals surface area contributed by atoms with E-state index >= 15 is 0 Å². The second-order valence-electron chi connectivity index (χ2n) is 9.42. The van der Waals surface area contributed by atoms with Gasteiger partial charge in [0.2, 0.25) is 0 Å². The second-order valence-corrected chi connectivity index (χ2v) is 11.9. The summed E-state index contributed by atoms with van der Waals surface area (Å²) in [7, 11) is -3.72. The maximum Gasteiger partial charge on any atom is 0.435 e. The minimum absolute atomic E-state index is 0.137. The van der Waals surface area contributed by atoms with Crippen LogP contribution in [-0.2, 0) is 21.9 Å². The van der Waals surface area contributed by atoms with Gasteiger partial charge in [-0.2, -0.15) is 47.9 Å². The molecule has 20 heteroatoms. The number of nitrogens with one attached hydrogen (secondary N) is 1. The van der Waals surface area contributed by atoms with Gasteiger partial charge in [-0.25, -0.2) is 18.6 Å². The first kappa shape index (κ1) is 35.4. The fourth-order valence-corrected chi connectivity index (χ4v) is 6.39. The quantitative estimate of drug-likeness (QED) is 0.177. The molecule has 0 fully saturated rings. The summed E-state index contributed by atoms with van der Waals surface area (Å²) in [5.41, 5.74) is -11.8. The van der Waals surface area contributed by atoms with Gasteiger partial charge in [0.1, 0.15) is 16.6 Å². The molecule has 0 saturated carbocycles. The van der Waals surface area contributed by atoms with Gasteiger partial charge >= 0.3 is 30.2 Å². The van der Waals surface area contributed by atoms with Crippen molar-refractivity contribution in [3.05, 3.63) is 82.5 Å². The Morgan fingerprint density at radius 1 is 0.872 bits per heavy atom. The molecule has 0 aliphatic carbocycles. The summed E-state index contributed by atoms with van der Waals surface area (Å²) in [6.07, 6.45) is -18.0. The zero-order valence-electron chi connectivity index (χ0n) is 22.8. The van der Waals surface area contributed by atoms with E-state index in [1.54, 1.807) is 0 Å². The Morgan fingerprint density at radius 2 is 1.45 bits per heavy atom. The molecule has 0 bridgehead atoms. The number of thiazole rings is 1. The highest BCUT2D eigenvalue weighted by Gasteiger charge is 2.73. The van der Waals surface area contributed by atoms with E-state index in [9.17, 15) is 61.5 Å². The normalized spacial score (nSPS) is 13.0. The van der Waals surface area contributed by atoms with Crippen LogP contribution in [0.1, 0.15) is 21.5 Å². The van der Waals surface area contributed by atoms with Crippen LogP contribution in [0.15, 0.2) is 65.0 Å². The Balaban J connectivity index is 1.71. The maximum atomic E-state index is 14.3. The molecule has 7 nitrogen and oxygen atoms in total. The standard InChI is InChI=1S/C27H15F11N2O5S2/c1-45-20-9-16(23(41)42)18(28)10-19(20)40-47(43,44)21-11-46-22(39-21)15-7-4-13(8-17(15)25(30,31)32)12-2-5-14(6-3-12)24(29,26(33,34)35)27(36,37)38/h2-11,40H,1H3,(H,41,42). The predicted molar refractivity (Wildman–Crippen MR) is 144 cm³/mol. The van der Waals surface area contributed by atoms with Crippen molar-refractivity contribution in [3.8, 4) is 27.4 Å². The van der Waals surface area contributed by atoms with Crippen molar-refractivity contribution >= 4 is 33.0 Å². The molecule has 0 unspecified atom stereocenters. The van der Waals surface area contributed by atoms with E-state index in [1.807, 2.05) is 4.72 Å². The topological polar surface area (TPSA) is 106 Å². The molecule has 4 aromatic rings. The van der Waals surface area contributed by atoms with Crippen LogP contribution in [0.5, 0.6) is 5.75 Å². The monoisotopic (exact) mass is 720 g/mol. The molecule has 4 rings (SSSR count). The lowest BCUT2D eigenvalue weighted by molar-refractivity contribution is -0.348. The molecule has 0 aliphatic rings. The van der Waals surface area contributed by atoms with Crippen molar-refractivity contribution < 1.29 is 71.4 Å². The Labute approximate surface area is 260 Å². The first-order valence-corrected chi connectivity index (χ1v) is 14.6. The summed E-state index contributed by atoms with van der Waals surface area (Å²) in [5.74, 6) is -3.45. The number of halogens is 11. The fourth-order valence-electron chi connectivity index (χ4n) is 4.19. The van der Waals surface area contributed by atoms with Crippen molar-refractivity contribution in [2.24, 2.45) is 0 Å². The average Bonchev–Trinajstić information content (AvgIpc) is 3.46. The Morgan fingerprint density at radius 3 is 1.96 bits per heavy atom. The zero-order chi connectivity index (χ0) is 35.3. The lowest BCUT2D eigenvalue weighted by Crippen LogP contribution is -2.50. The van der Waals surface area contributed by atoms with Crippen LogP contribution in [-0.4, -0.2) is 43.9 Å². The van der Waals surface area contributed by atoms with Gasteiger partial charge in [0, 0.05) is 22.6 Å². The van der Waals surface area contributed by atoms with Crippen molar-refractivity contribution in [2.45, 2.75) is 29.2 Å². The molecule has 0 atom stereocenters. The van der Waals surface area contributed by atoms with Crippen LogP contribution in [0.2, 0.25) is 0 Å². The molecule has 47 heavy (non-hydrogen) atoms. The molecule has 252 valence electrons. The lowest BCUT2D eigenvalue weighted by atomic mass is 9.91. The molecule has 0 aliphatic heterocycles. The van der Waals surface area contributed by atoms with Crippen LogP contribution >= 0.6 is 11.3 Å². The van der Waals surface area contributed by atoms with Gasteiger partial charge in [-0.3, -0.25) is 4.72 Å². The zero-order valence-corrected chi connectivity index (χ0v) is 24.4. The highest BCUT2D eigenvalue weighted by molar-refractivity contribution is 7.92. The second kappa shape index (κ2) is 12.0. The number of benzene rings is 3. The van der Waals surface area contributed by atoms with E-state index in [4.69, 9.17) is 9.84 Å². The number of alkyl halides is 10. The molecule has 1 aromatic heterocycles. The Bertz CT molecular complexity index is 1920. The molecule has 1 heterocycles. The number of methoxy groups -OCH3 is 1. The largest absolute Gasteiger partial charge is 0.495 e. The number of aromatic nitrogens is 1. The summed E-state index contributed by atoms with van der Waals surface area (Å²) in [6.45, 7) is 0. The SMILES string of the molecule is COc1cc(C(=O)O)c(F)cc1NS(=O)(=O)c1csc(-c2ccc(-c3ccc(C(F)(C(F)(F)F)C(F)(F)F)cc3)cc2C(F)(F)F)n1. The minimum atomic E-state index is -6.40. The third-order valence-corrected chi connectivity index (χ3v) is 8.75. The molecular weight excluding hydrogens is 705 g/mol. The van der Waals surface area contributed by atoms with E-state index in [0.29, 0.717) is 41.7 Å². The smallest absolute Gasteiger partial charge is 0.435 e. The minimum Gasteiger partial charge on any atom is -0.495 e. The number of carbonyl (C=O) groups is 1. The molecule has 0 radical (unpaired) electrons. The molecular formula is C27H15F11N2O5S2. The summed E-state index contributed by atoms with van der Waals surface area (Å²) < 4.78 is 182. The number of carboxylic acid groups (broad SMARTS) is 1. The van der Waals surface area contributed by atoms with Gasteiger partial charge in [0.15, 0.2) is 5.03 Å². The van der Waals surface area contributed by atoms with Crippen molar-refractivity contribution in [1.82, 2.24) is 4.98 Å². The Kier molecular flexibility index (Phi) is 9.01. The highest BCUT2D eigenvalue weighted by atomic mass is 32.2. The number of hydrogen-bond donors (Lipinski definition) is 2. The van der Waals surface area contributed by atoms with E-state index < -0.39 is 89.7 Å². The van der Waals surface area contributed by atoms with E-state index in [1.165, 1.54) is 0 Å². The number of rotatable bonds is 8. The van der Waals surface area contributed by atoms with Crippen molar-refractivity contribution in [3.63, 3.8) is 0 Å². The first-order chi connectivity index (χ1) is 21.5. The highest BCUT2D eigenvalue weighted by Crippen LogP contribution is 2.53. The van der Waals surface area contributed by atoms with Crippen LogP contribution < -0.4 is 9.46 Å². The third kappa shape index (κ3) is 6.69. The van der Waals surface area contributed by atoms with Gasteiger partial charge in [-0.05, 0) is 23.3 Å². The Hall–Kier alpha value is -4.46. The molecule has 0 spiro atoms.